The first kappa shape index (κ1) is 15.9. The van der Waals surface area contributed by atoms with Gasteiger partial charge in [0.15, 0.2) is 5.82 Å². The summed E-state index contributed by atoms with van der Waals surface area (Å²) in [7, 11) is 0. The zero-order chi connectivity index (χ0) is 14.4. The highest BCUT2D eigenvalue weighted by atomic mass is 79.9. The van der Waals surface area contributed by atoms with E-state index in [4.69, 9.17) is 5.84 Å². The van der Waals surface area contributed by atoms with Crippen LogP contribution in [0.5, 0.6) is 0 Å². The van der Waals surface area contributed by atoms with Crippen LogP contribution in [-0.4, -0.2) is 28.9 Å². The third kappa shape index (κ3) is 4.18. The van der Waals surface area contributed by atoms with Crippen molar-refractivity contribution >= 4 is 27.7 Å². The second-order valence-corrected chi connectivity index (χ2v) is 5.47. The van der Waals surface area contributed by atoms with E-state index < -0.39 is 0 Å². The molecule has 0 aliphatic carbocycles. The first-order chi connectivity index (χ1) is 9.03. The van der Waals surface area contributed by atoms with Crippen LogP contribution in [0.2, 0.25) is 0 Å². The van der Waals surface area contributed by atoms with Crippen LogP contribution in [0.15, 0.2) is 16.7 Å². The number of hydrazine groups is 1. The van der Waals surface area contributed by atoms with Crippen LogP contribution >= 0.6 is 15.9 Å². The molecule has 1 aromatic heterocycles. The highest BCUT2D eigenvalue weighted by molar-refractivity contribution is 9.10. The number of hydrogen-bond acceptors (Lipinski definition) is 4. The quantitative estimate of drug-likeness (QED) is 0.622. The summed E-state index contributed by atoms with van der Waals surface area (Å²) < 4.78 is 0.759. The van der Waals surface area contributed by atoms with Gasteiger partial charge in [0, 0.05) is 23.8 Å². The molecule has 1 amide bonds. The minimum absolute atomic E-state index is 0.0513. The van der Waals surface area contributed by atoms with Gasteiger partial charge < -0.3 is 10.3 Å². The number of carbonyl (C=O) groups is 1. The maximum Gasteiger partial charge on any atom is 0.257 e. The number of anilines is 1. The molecule has 6 heteroatoms. The van der Waals surface area contributed by atoms with Crippen LogP contribution in [0.25, 0.3) is 0 Å². The number of nitrogens with two attached hydrogens (primary N) is 1. The minimum Gasteiger partial charge on any atom is -0.339 e. The molecule has 0 spiro atoms. The third-order valence-corrected chi connectivity index (χ3v) is 3.55. The SMILES string of the molecule is CCC(C)CN(CC)C(=O)c1cc(Br)cnc1NN. The monoisotopic (exact) mass is 328 g/mol. The van der Waals surface area contributed by atoms with Crippen LogP contribution in [0.1, 0.15) is 37.6 Å². The van der Waals surface area contributed by atoms with Gasteiger partial charge >= 0.3 is 0 Å². The number of nitrogen functional groups attached to an aromatic ring is 1. The summed E-state index contributed by atoms with van der Waals surface area (Å²) in [6.07, 6.45) is 2.65. The van der Waals surface area contributed by atoms with Gasteiger partial charge in [-0.1, -0.05) is 20.3 Å². The van der Waals surface area contributed by atoms with Crippen molar-refractivity contribution in [3.63, 3.8) is 0 Å². The first-order valence-electron chi connectivity index (χ1n) is 6.44. The Balaban J connectivity index is 2.99. The zero-order valence-electron chi connectivity index (χ0n) is 11.6. The van der Waals surface area contributed by atoms with E-state index in [-0.39, 0.29) is 5.91 Å². The Labute approximate surface area is 122 Å². The van der Waals surface area contributed by atoms with Gasteiger partial charge in [0.2, 0.25) is 0 Å². The van der Waals surface area contributed by atoms with Crippen molar-refractivity contribution in [2.24, 2.45) is 11.8 Å². The van der Waals surface area contributed by atoms with Gasteiger partial charge in [-0.25, -0.2) is 10.8 Å². The van der Waals surface area contributed by atoms with Crippen LogP contribution in [-0.2, 0) is 0 Å². The molecule has 0 aliphatic heterocycles. The normalized spacial score (nSPS) is 12.1. The summed E-state index contributed by atoms with van der Waals surface area (Å²) in [5.41, 5.74) is 2.96. The first-order valence-corrected chi connectivity index (χ1v) is 7.24. The molecule has 19 heavy (non-hydrogen) atoms. The third-order valence-electron chi connectivity index (χ3n) is 3.12. The number of aromatic nitrogens is 1. The van der Waals surface area contributed by atoms with E-state index in [9.17, 15) is 4.79 Å². The van der Waals surface area contributed by atoms with Crippen molar-refractivity contribution in [3.05, 3.63) is 22.3 Å². The summed E-state index contributed by atoms with van der Waals surface area (Å²) in [6.45, 7) is 7.64. The molecule has 0 radical (unpaired) electrons. The lowest BCUT2D eigenvalue weighted by molar-refractivity contribution is 0.0741. The molecule has 0 saturated heterocycles. The van der Waals surface area contributed by atoms with E-state index in [1.54, 1.807) is 12.3 Å². The molecule has 106 valence electrons. The number of pyridine rings is 1. The van der Waals surface area contributed by atoms with Crippen molar-refractivity contribution in [3.8, 4) is 0 Å². The molecule has 1 heterocycles. The van der Waals surface area contributed by atoms with Gasteiger partial charge in [0.25, 0.3) is 5.91 Å². The molecular formula is C13H21BrN4O. The topological polar surface area (TPSA) is 71.2 Å². The van der Waals surface area contributed by atoms with Crippen molar-refractivity contribution < 1.29 is 4.79 Å². The van der Waals surface area contributed by atoms with Gasteiger partial charge in [0.05, 0.1) is 5.56 Å². The molecule has 0 saturated carbocycles. The highest BCUT2D eigenvalue weighted by Gasteiger charge is 2.20. The van der Waals surface area contributed by atoms with E-state index in [0.717, 1.165) is 17.4 Å². The lowest BCUT2D eigenvalue weighted by atomic mass is 10.1. The van der Waals surface area contributed by atoms with E-state index in [2.05, 4.69) is 40.2 Å². The maximum atomic E-state index is 12.5. The molecule has 0 aromatic carbocycles. The Morgan fingerprint density at radius 1 is 1.58 bits per heavy atom. The molecule has 1 atom stereocenters. The number of rotatable bonds is 6. The van der Waals surface area contributed by atoms with E-state index in [0.29, 0.717) is 23.8 Å². The van der Waals surface area contributed by atoms with Crippen LogP contribution in [0.4, 0.5) is 5.82 Å². The predicted molar refractivity (Wildman–Crippen MR) is 80.8 cm³/mol. The fraction of sp³-hybridized carbons (Fsp3) is 0.538. The lowest BCUT2D eigenvalue weighted by Gasteiger charge is -2.24. The smallest absolute Gasteiger partial charge is 0.257 e. The number of amides is 1. The molecule has 3 N–H and O–H groups in total. The van der Waals surface area contributed by atoms with Crippen molar-refractivity contribution in [1.82, 2.24) is 9.88 Å². The van der Waals surface area contributed by atoms with Gasteiger partial charge in [-0.3, -0.25) is 4.79 Å². The van der Waals surface area contributed by atoms with Crippen molar-refractivity contribution in [2.45, 2.75) is 27.2 Å². The molecule has 0 fully saturated rings. The van der Waals surface area contributed by atoms with E-state index in [1.165, 1.54) is 0 Å². The molecule has 5 nitrogen and oxygen atoms in total. The Kier molecular flexibility index (Phi) is 6.24. The Bertz CT molecular complexity index is 439. The summed E-state index contributed by atoms with van der Waals surface area (Å²) >= 11 is 3.33. The Hall–Kier alpha value is -1.14. The molecule has 0 aliphatic rings. The van der Waals surface area contributed by atoms with Gasteiger partial charge in [-0.2, -0.15) is 0 Å². The van der Waals surface area contributed by atoms with Gasteiger partial charge in [-0.05, 0) is 34.8 Å². The molecule has 0 bridgehead atoms. The van der Waals surface area contributed by atoms with Gasteiger partial charge in [-0.15, -0.1) is 0 Å². The maximum absolute atomic E-state index is 12.5. The van der Waals surface area contributed by atoms with Gasteiger partial charge in [0.1, 0.15) is 0 Å². The Morgan fingerprint density at radius 3 is 2.79 bits per heavy atom. The van der Waals surface area contributed by atoms with E-state index in [1.807, 2.05) is 11.8 Å². The predicted octanol–water partition coefficient (Wildman–Crippen LogP) is 2.64. The van der Waals surface area contributed by atoms with Crippen molar-refractivity contribution in [2.75, 3.05) is 18.5 Å². The lowest BCUT2D eigenvalue weighted by Crippen LogP contribution is -2.35. The number of nitrogens with zero attached hydrogens (tertiary/aromatic N) is 2. The molecule has 1 rings (SSSR count). The number of carbonyl (C=O) groups excluding carboxylic acids is 1. The summed E-state index contributed by atoms with van der Waals surface area (Å²) in [5, 5.41) is 0. The largest absolute Gasteiger partial charge is 0.339 e. The van der Waals surface area contributed by atoms with Crippen LogP contribution in [0.3, 0.4) is 0 Å². The fourth-order valence-corrected chi connectivity index (χ4v) is 2.08. The molecule has 1 aromatic rings. The second kappa shape index (κ2) is 7.45. The van der Waals surface area contributed by atoms with Crippen LogP contribution in [0, 0.1) is 5.92 Å². The molecular weight excluding hydrogens is 308 g/mol. The molecule has 1 unspecified atom stereocenters. The average molecular weight is 329 g/mol. The number of halogens is 1. The summed E-state index contributed by atoms with van der Waals surface area (Å²) in [6, 6.07) is 1.74. The fourth-order valence-electron chi connectivity index (χ4n) is 1.75. The zero-order valence-corrected chi connectivity index (χ0v) is 13.2. The average Bonchev–Trinajstić information content (AvgIpc) is 2.43. The Morgan fingerprint density at radius 2 is 2.26 bits per heavy atom. The van der Waals surface area contributed by atoms with Crippen molar-refractivity contribution in [1.29, 1.82) is 0 Å². The van der Waals surface area contributed by atoms with E-state index >= 15 is 0 Å². The standard InChI is InChI=1S/C13H21BrN4O/c1-4-9(3)8-18(5-2)13(19)11-6-10(14)7-16-12(11)17-15/h6-7,9H,4-5,8,15H2,1-3H3,(H,16,17). The summed E-state index contributed by atoms with van der Waals surface area (Å²) in [5.74, 6) is 6.23. The van der Waals surface area contributed by atoms with Crippen LogP contribution < -0.4 is 11.3 Å². The highest BCUT2D eigenvalue weighted by Crippen LogP contribution is 2.20. The second-order valence-electron chi connectivity index (χ2n) is 4.55. The number of nitrogens with one attached hydrogen (secondary N) is 1. The number of hydrogen-bond donors (Lipinski definition) is 2. The minimum atomic E-state index is -0.0513. The summed E-state index contributed by atoms with van der Waals surface area (Å²) in [4.78, 5) is 18.5.